The molecule has 1 amide bonds. The van der Waals surface area contributed by atoms with Crippen LogP contribution in [0.4, 0.5) is 0 Å². The maximum absolute atomic E-state index is 12.1. The highest BCUT2D eigenvalue weighted by Crippen LogP contribution is 2.21. The summed E-state index contributed by atoms with van der Waals surface area (Å²) in [4.78, 5) is 16.3. The summed E-state index contributed by atoms with van der Waals surface area (Å²) >= 11 is 0. The Hall–Kier alpha value is -2.10. The molecule has 1 heterocycles. The van der Waals surface area contributed by atoms with Crippen molar-refractivity contribution in [3.05, 3.63) is 53.6 Å². The van der Waals surface area contributed by atoms with Gasteiger partial charge in [0.2, 0.25) is 5.91 Å². The molecule has 1 aliphatic rings. The van der Waals surface area contributed by atoms with E-state index in [1.807, 2.05) is 17.7 Å². The lowest BCUT2D eigenvalue weighted by Gasteiger charge is -2.25. The molecule has 0 unspecified atom stereocenters. The van der Waals surface area contributed by atoms with Crippen molar-refractivity contribution in [3.8, 4) is 0 Å². The minimum Gasteiger partial charge on any atom is -0.353 e. The van der Waals surface area contributed by atoms with Crippen molar-refractivity contribution in [2.75, 3.05) is 0 Å². The Morgan fingerprint density at radius 1 is 1.38 bits per heavy atom. The van der Waals surface area contributed by atoms with Crippen LogP contribution in [-0.4, -0.2) is 21.5 Å². The third-order valence-electron chi connectivity index (χ3n) is 4.22. The van der Waals surface area contributed by atoms with E-state index in [1.165, 1.54) is 11.1 Å². The van der Waals surface area contributed by atoms with E-state index in [4.69, 9.17) is 0 Å². The van der Waals surface area contributed by atoms with Crippen LogP contribution in [-0.2, 0) is 24.2 Å². The normalized spacial score (nSPS) is 17.3. The fourth-order valence-corrected chi connectivity index (χ4v) is 2.98. The van der Waals surface area contributed by atoms with E-state index in [2.05, 4.69) is 34.6 Å². The fraction of sp³-hybridized carbons (Fsp3) is 0.412. The van der Waals surface area contributed by atoms with Crippen LogP contribution >= 0.6 is 0 Å². The summed E-state index contributed by atoms with van der Waals surface area (Å²) in [5, 5.41) is 3.17. The monoisotopic (exact) mass is 283 g/mol. The molecule has 1 aromatic heterocycles. The van der Waals surface area contributed by atoms with Crippen LogP contribution in [0.15, 0.2) is 36.7 Å². The molecule has 3 rings (SSSR count). The number of hydrogen-bond acceptors (Lipinski definition) is 2. The van der Waals surface area contributed by atoms with Gasteiger partial charge >= 0.3 is 0 Å². The molecule has 1 aromatic carbocycles. The number of hydrogen-bond donors (Lipinski definition) is 1. The number of aryl methyl sites for hydroxylation is 3. The van der Waals surface area contributed by atoms with Crippen molar-refractivity contribution in [1.82, 2.24) is 14.9 Å². The van der Waals surface area contributed by atoms with E-state index < -0.39 is 0 Å². The Morgan fingerprint density at radius 3 is 2.95 bits per heavy atom. The fourth-order valence-electron chi connectivity index (χ4n) is 2.98. The Kier molecular flexibility index (Phi) is 4.04. The average Bonchev–Trinajstić information content (AvgIpc) is 2.90. The molecule has 0 aliphatic heterocycles. The number of nitrogens with zero attached hydrogens (tertiary/aromatic N) is 2. The maximum Gasteiger partial charge on any atom is 0.222 e. The van der Waals surface area contributed by atoms with Crippen LogP contribution in [0.2, 0.25) is 0 Å². The van der Waals surface area contributed by atoms with Gasteiger partial charge < -0.3 is 9.88 Å². The van der Waals surface area contributed by atoms with E-state index >= 15 is 0 Å². The minimum absolute atomic E-state index is 0.132. The summed E-state index contributed by atoms with van der Waals surface area (Å²) in [6.45, 7) is 2.65. The second-order valence-corrected chi connectivity index (χ2v) is 5.69. The molecule has 0 saturated carbocycles. The van der Waals surface area contributed by atoms with Gasteiger partial charge in [0.1, 0.15) is 5.82 Å². The number of amides is 1. The first-order valence-electron chi connectivity index (χ1n) is 7.56. The first kappa shape index (κ1) is 13.9. The lowest BCUT2D eigenvalue weighted by Crippen LogP contribution is -2.39. The van der Waals surface area contributed by atoms with Gasteiger partial charge in [0.25, 0.3) is 0 Å². The molecule has 0 spiro atoms. The van der Waals surface area contributed by atoms with Crippen molar-refractivity contribution in [1.29, 1.82) is 0 Å². The van der Waals surface area contributed by atoms with E-state index in [0.29, 0.717) is 13.0 Å². The summed E-state index contributed by atoms with van der Waals surface area (Å²) < 4.78 is 2.01. The van der Waals surface area contributed by atoms with Gasteiger partial charge in [-0.1, -0.05) is 24.3 Å². The van der Waals surface area contributed by atoms with Crippen molar-refractivity contribution in [2.24, 2.45) is 0 Å². The number of carbonyl (C=O) groups excluding carboxylic acids is 1. The number of benzene rings is 1. The molecule has 0 radical (unpaired) electrons. The maximum atomic E-state index is 12.1. The SMILES string of the molecule is Cc1nccn1CCC(=O)N[C@@H]1CCc2ccccc2C1. The molecule has 4 heteroatoms. The minimum atomic E-state index is 0.132. The molecule has 1 atom stereocenters. The van der Waals surface area contributed by atoms with Crippen molar-refractivity contribution >= 4 is 5.91 Å². The van der Waals surface area contributed by atoms with Crippen LogP contribution in [0.25, 0.3) is 0 Å². The van der Waals surface area contributed by atoms with Gasteiger partial charge in [-0.25, -0.2) is 4.98 Å². The van der Waals surface area contributed by atoms with E-state index in [-0.39, 0.29) is 11.9 Å². The Morgan fingerprint density at radius 2 is 2.19 bits per heavy atom. The van der Waals surface area contributed by atoms with Gasteiger partial charge in [-0.2, -0.15) is 0 Å². The zero-order valence-corrected chi connectivity index (χ0v) is 12.4. The molecule has 1 N–H and O–H groups in total. The molecular formula is C17H21N3O. The topological polar surface area (TPSA) is 46.9 Å². The number of imidazole rings is 1. The van der Waals surface area contributed by atoms with E-state index in [0.717, 1.165) is 25.1 Å². The zero-order valence-electron chi connectivity index (χ0n) is 12.4. The molecule has 0 bridgehead atoms. The Bertz CT molecular complexity index is 632. The van der Waals surface area contributed by atoms with Gasteiger partial charge in [-0.15, -0.1) is 0 Å². The number of rotatable bonds is 4. The second-order valence-electron chi connectivity index (χ2n) is 5.69. The first-order chi connectivity index (χ1) is 10.2. The van der Waals surface area contributed by atoms with Crippen LogP contribution in [0.5, 0.6) is 0 Å². The molecule has 0 fully saturated rings. The Balaban J connectivity index is 1.51. The largest absolute Gasteiger partial charge is 0.353 e. The summed E-state index contributed by atoms with van der Waals surface area (Å²) in [5.41, 5.74) is 2.80. The molecule has 110 valence electrons. The predicted molar refractivity (Wildman–Crippen MR) is 82.0 cm³/mol. The summed E-state index contributed by atoms with van der Waals surface area (Å²) in [6.07, 6.45) is 7.24. The predicted octanol–water partition coefficient (Wildman–Crippen LogP) is 2.26. The van der Waals surface area contributed by atoms with Crippen LogP contribution in [0, 0.1) is 6.92 Å². The number of carbonyl (C=O) groups is 1. The quantitative estimate of drug-likeness (QED) is 0.935. The van der Waals surface area contributed by atoms with Gasteiger partial charge in [0.15, 0.2) is 0 Å². The van der Waals surface area contributed by atoms with Gasteiger partial charge in [0.05, 0.1) is 0 Å². The van der Waals surface area contributed by atoms with Gasteiger partial charge in [-0.3, -0.25) is 4.79 Å². The lowest BCUT2D eigenvalue weighted by molar-refractivity contribution is -0.122. The zero-order chi connectivity index (χ0) is 14.7. The summed E-state index contributed by atoms with van der Waals surface area (Å²) in [6, 6.07) is 8.80. The number of nitrogens with one attached hydrogen (secondary N) is 1. The molecule has 4 nitrogen and oxygen atoms in total. The standard InChI is InChI=1S/C17H21N3O/c1-13-18-9-11-20(13)10-8-17(21)19-16-7-6-14-4-2-3-5-15(14)12-16/h2-5,9,11,16H,6-8,10,12H2,1H3,(H,19,21)/t16-/m1/s1. The lowest BCUT2D eigenvalue weighted by atomic mass is 9.88. The summed E-state index contributed by atoms with van der Waals surface area (Å²) in [7, 11) is 0. The second kappa shape index (κ2) is 6.12. The molecule has 1 aliphatic carbocycles. The number of aromatic nitrogens is 2. The summed E-state index contributed by atoms with van der Waals surface area (Å²) in [5.74, 6) is 1.09. The highest BCUT2D eigenvalue weighted by Gasteiger charge is 2.19. The van der Waals surface area contributed by atoms with E-state index in [1.54, 1.807) is 6.20 Å². The van der Waals surface area contributed by atoms with Crippen molar-refractivity contribution < 1.29 is 4.79 Å². The molecule has 0 saturated heterocycles. The first-order valence-corrected chi connectivity index (χ1v) is 7.56. The van der Waals surface area contributed by atoms with Crippen LogP contribution < -0.4 is 5.32 Å². The molecule has 2 aromatic rings. The van der Waals surface area contributed by atoms with Crippen molar-refractivity contribution in [2.45, 2.75) is 45.2 Å². The average molecular weight is 283 g/mol. The Labute approximate surface area is 125 Å². The van der Waals surface area contributed by atoms with Crippen LogP contribution in [0.1, 0.15) is 29.8 Å². The van der Waals surface area contributed by atoms with Gasteiger partial charge in [-0.05, 0) is 37.3 Å². The van der Waals surface area contributed by atoms with Gasteiger partial charge in [0, 0.05) is 31.4 Å². The van der Waals surface area contributed by atoms with E-state index in [9.17, 15) is 4.79 Å². The highest BCUT2D eigenvalue weighted by atomic mass is 16.1. The third kappa shape index (κ3) is 3.32. The molecular weight excluding hydrogens is 262 g/mol. The third-order valence-corrected chi connectivity index (χ3v) is 4.22. The molecule has 21 heavy (non-hydrogen) atoms. The van der Waals surface area contributed by atoms with Crippen molar-refractivity contribution in [3.63, 3.8) is 0 Å². The smallest absolute Gasteiger partial charge is 0.222 e. The number of fused-ring (bicyclic) bond motifs is 1. The highest BCUT2D eigenvalue weighted by molar-refractivity contribution is 5.76. The van der Waals surface area contributed by atoms with Crippen LogP contribution in [0.3, 0.4) is 0 Å².